The van der Waals surface area contributed by atoms with Gasteiger partial charge in [0.2, 0.25) is 5.91 Å². The molecular weight excluding hydrogens is 394 g/mol. The lowest BCUT2D eigenvalue weighted by atomic mass is 9.97. The Morgan fingerprint density at radius 3 is 2.87 bits per heavy atom. The Labute approximate surface area is 173 Å². The van der Waals surface area contributed by atoms with Crippen molar-refractivity contribution in [3.8, 4) is 0 Å². The summed E-state index contributed by atoms with van der Waals surface area (Å²) in [6.45, 7) is 4.83. The highest BCUT2D eigenvalue weighted by Crippen LogP contribution is 2.32. The average molecular weight is 418 g/mol. The maximum Gasteiger partial charge on any atom is 0.249 e. The predicted molar refractivity (Wildman–Crippen MR) is 103 cm³/mol. The third-order valence-electron chi connectivity index (χ3n) is 5.30. The number of carbonyl (C=O) groups is 1. The van der Waals surface area contributed by atoms with Crippen molar-refractivity contribution in [2.24, 2.45) is 0 Å². The molecule has 1 N–H and O–H groups in total. The van der Waals surface area contributed by atoms with Crippen molar-refractivity contribution < 1.29 is 23.0 Å². The zero-order valence-corrected chi connectivity index (χ0v) is 16.7. The van der Waals surface area contributed by atoms with Crippen LogP contribution in [0, 0.1) is 18.6 Å². The summed E-state index contributed by atoms with van der Waals surface area (Å²) >= 11 is 0. The van der Waals surface area contributed by atoms with E-state index in [0.717, 1.165) is 24.0 Å². The second-order valence-electron chi connectivity index (χ2n) is 7.89. The molecule has 0 bridgehead atoms. The lowest BCUT2D eigenvalue weighted by Gasteiger charge is -2.39. The molecular formula is C21H24F2N4O3. The molecule has 7 nitrogen and oxygen atoms in total. The summed E-state index contributed by atoms with van der Waals surface area (Å²) in [6.07, 6.45) is 3.23. The Balaban J connectivity index is 1.32. The summed E-state index contributed by atoms with van der Waals surface area (Å²) in [5.74, 6) is -1.67. The second kappa shape index (κ2) is 8.71. The number of rotatable bonds is 5. The van der Waals surface area contributed by atoms with Gasteiger partial charge in [0.15, 0.2) is 0 Å². The molecule has 2 atom stereocenters. The Bertz CT molecular complexity index is 909. The van der Waals surface area contributed by atoms with Crippen molar-refractivity contribution in [2.75, 3.05) is 26.3 Å². The largest absolute Gasteiger partial charge is 0.370 e. The van der Waals surface area contributed by atoms with Gasteiger partial charge in [0.1, 0.15) is 23.3 Å². The van der Waals surface area contributed by atoms with E-state index in [1.165, 1.54) is 12.1 Å². The molecule has 30 heavy (non-hydrogen) atoms. The fourth-order valence-corrected chi connectivity index (χ4v) is 3.98. The fraction of sp³-hybridized carbons (Fsp3) is 0.476. The van der Waals surface area contributed by atoms with Crippen molar-refractivity contribution in [3.63, 3.8) is 0 Å². The first-order valence-electron chi connectivity index (χ1n) is 9.89. The number of benzene rings is 1. The van der Waals surface area contributed by atoms with Crippen molar-refractivity contribution in [3.05, 3.63) is 59.2 Å². The highest BCUT2D eigenvalue weighted by atomic mass is 19.1. The monoisotopic (exact) mass is 418 g/mol. The van der Waals surface area contributed by atoms with Crippen LogP contribution >= 0.6 is 0 Å². The van der Waals surface area contributed by atoms with Gasteiger partial charge in [-0.05, 0) is 24.6 Å². The number of hydrogen-bond donors (Lipinski definition) is 1. The molecule has 160 valence electrons. The summed E-state index contributed by atoms with van der Waals surface area (Å²) in [6, 6.07) is 3.18. The van der Waals surface area contributed by atoms with E-state index in [1.807, 2.05) is 6.92 Å². The SMILES string of the molecule is Cc1cncc(CN2CCO[C@@]3(CO[C@H](C(=O)NCc4cc(F)cc(F)c4)C3)C2)n1. The zero-order valence-electron chi connectivity index (χ0n) is 16.7. The third kappa shape index (κ3) is 4.97. The van der Waals surface area contributed by atoms with E-state index in [1.54, 1.807) is 12.4 Å². The highest BCUT2D eigenvalue weighted by Gasteiger charge is 2.46. The number of aromatic nitrogens is 2. The molecule has 0 unspecified atom stereocenters. The number of nitrogens with one attached hydrogen (secondary N) is 1. The summed E-state index contributed by atoms with van der Waals surface area (Å²) in [7, 11) is 0. The zero-order chi connectivity index (χ0) is 21.1. The number of nitrogens with zero attached hydrogens (tertiary/aromatic N) is 3. The molecule has 2 aliphatic rings. The number of hydrogen-bond acceptors (Lipinski definition) is 6. The maximum atomic E-state index is 13.3. The minimum atomic E-state index is -0.677. The molecule has 4 rings (SSSR count). The molecule has 0 radical (unpaired) electrons. The predicted octanol–water partition coefficient (Wildman–Crippen LogP) is 1.74. The topological polar surface area (TPSA) is 76.6 Å². The third-order valence-corrected chi connectivity index (χ3v) is 5.30. The van der Waals surface area contributed by atoms with Crippen LogP contribution in [0.25, 0.3) is 0 Å². The Morgan fingerprint density at radius 2 is 2.10 bits per heavy atom. The van der Waals surface area contributed by atoms with Gasteiger partial charge in [-0.25, -0.2) is 8.78 Å². The van der Waals surface area contributed by atoms with Gasteiger partial charge in [-0.3, -0.25) is 19.7 Å². The van der Waals surface area contributed by atoms with E-state index in [9.17, 15) is 13.6 Å². The molecule has 2 fully saturated rings. The molecule has 0 saturated carbocycles. The standard InChI is InChI=1S/C21H24F2N4O3/c1-14-8-24-10-18(26-14)11-27-2-3-30-21(12-27)7-19(29-13-21)20(28)25-9-15-4-16(22)6-17(23)5-15/h4-6,8,10,19H,2-3,7,9,11-13H2,1H3,(H,25,28)/t19-,21+/m0/s1. The van der Waals surface area contributed by atoms with Gasteiger partial charge in [-0.1, -0.05) is 0 Å². The first-order chi connectivity index (χ1) is 14.4. The van der Waals surface area contributed by atoms with E-state index in [-0.39, 0.29) is 12.5 Å². The lowest BCUT2D eigenvalue weighted by Crippen LogP contribution is -2.52. The van der Waals surface area contributed by atoms with Gasteiger partial charge >= 0.3 is 0 Å². The Morgan fingerprint density at radius 1 is 1.30 bits per heavy atom. The van der Waals surface area contributed by atoms with E-state index in [4.69, 9.17) is 9.47 Å². The maximum absolute atomic E-state index is 13.3. The van der Waals surface area contributed by atoms with Crippen molar-refractivity contribution >= 4 is 5.91 Å². The minimum Gasteiger partial charge on any atom is -0.370 e. The fourth-order valence-electron chi connectivity index (χ4n) is 3.98. The summed E-state index contributed by atoms with van der Waals surface area (Å²) in [5.41, 5.74) is 1.56. The first-order valence-corrected chi connectivity index (χ1v) is 9.89. The molecule has 2 aliphatic heterocycles. The molecule has 2 aromatic rings. The summed E-state index contributed by atoms with van der Waals surface area (Å²) < 4.78 is 38.3. The van der Waals surface area contributed by atoms with Gasteiger partial charge in [0.25, 0.3) is 0 Å². The van der Waals surface area contributed by atoms with Crippen molar-refractivity contribution in [1.29, 1.82) is 0 Å². The second-order valence-corrected chi connectivity index (χ2v) is 7.89. The molecule has 9 heteroatoms. The van der Waals surface area contributed by atoms with Crippen LogP contribution in [0.2, 0.25) is 0 Å². The van der Waals surface area contributed by atoms with Crippen LogP contribution in [0.5, 0.6) is 0 Å². The lowest BCUT2D eigenvalue weighted by molar-refractivity contribution is -0.130. The van der Waals surface area contributed by atoms with Gasteiger partial charge in [0.05, 0.1) is 24.6 Å². The van der Waals surface area contributed by atoms with E-state index >= 15 is 0 Å². The molecule has 2 saturated heterocycles. The van der Waals surface area contributed by atoms with Crippen LogP contribution in [-0.4, -0.2) is 58.8 Å². The quantitative estimate of drug-likeness (QED) is 0.797. The normalized spacial score (nSPS) is 24.3. The van der Waals surface area contributed by atoms with Gasteiger partial charge in [0, 0.05) is 51.1 Å². The first kappa shape index (κ1) is 20.8. The smallest absolute Gasteiger partial charge is 0.249 e. The number of ether oxygens (including phenoxy) is 2. The summed E-state index contributed by atoms with van der Waals surface area (Å²) in [4.78, 5) is 23.4. The van der Waals surface area contributed by atoms with Crippen LogP contribution in [0.1, 0.15) is 23.4 Å². The van der Waals surface area contributed by atoms with Crippen LogP contribution in [0.4, 0.5) is 8.78 Å². The summed E-state index contributed by atoms with van der Waals surface area (Å²) in [5, 5.41) is 2.69. The van der Waals surface area contributed by atoms with Crippen LogP contribution in [-0.2, 0) is 27.4 Å². The molecule has 3 heterocycles. The van der Waals surface area contributed by atoms with Gasteiger partial charge in [-0.2, -0.15) is 0 Å². The van der Waals surface area contributed by atoms with Crippen LogP contribution in [0.15, 0.2) is 30.6 Å². The van der Waals surface area contributed by atoms with Gasteiger partial charge in [-0.15, -0.1) is 0 Å². The van der Waals surface area contributed by atoms with Crippen molar-refractivity contribution in [1.82, 2.24) is 20.2 Å². The Hall–Kier alpha value is -2.49. The molecule has 1 amide bonds. The number of morpholine rings is 1. The molecule has 1 aromatic heterocycles. The van der Waals surface area contributed by atoms with Gasteiger partial charge < -0.3 is 14.8 Å². The Kier molecular flexibility index (Phi) is 6.03. The number of halogens is 2. The number of carbonyl (C=O) groups excluding carboxylic acids is 1. The van der Waals surface area contributed by atoms with Crippen molar-refractivity contribution in [2.45, 2.75) is 38.1 Å². The highest BCUT2D eigenvalue weighted by molar-refractivity contribution is 5.81. The van der Waals surface area contributed by atoms with Crippen LogP contribution < -0.4 is 5.32 Å². The average Bonchev–Trinajstić information content (AvgIpc) is 3.08. The minimum absolute atomic E-state index is 0.0272. The molecule has 1 aromatic carbocycles. The molecule has 1 spiro atoms. The molecule has 0 aliphatic carbocycles. The van der Waals surface area contributed by atoms with E-state index < -0.39 is 23.3 Å². The van der Waals surface area contributed by atoms with Crippen LogP contribution in [0.3, 0.4) is 0 Å². The van der Waals surface area contributed by atoms with E-state index in [2.05, 4.69) is 20.2 Å². The number of amides is 1. The number of aryl methyl sites for hydroxylation is 1. The van der Waals surface area contributed by atoms with E-state index in [0.29, 0.717) is 38.3 Å².